The SMILES string of the molecule is O=[N+]([O-])c1ccc(NCc2csc(Br)c2)c(Cl)c1. The third kappa shape index (κ3) is 3.22. The van der Waals surface area contributed by atoms with Crippen LogP contribution in [0.5, 0.6) is 0 Å². The van der Waals surface area contributed by atoms with E-state index in [2.05, 4.69) is 21.2 Å². The van der Waals surface area contributed by atoms with Gasteiger partial charge in [0.05, 0.1) is 19.4 Å². The monoisotopic (exact) mass is 346 g/mol. The van der Waals surface area contributed by atoms with E-state index in [0.29, 0.717) is 17.3 Å². The Morgan fingerprint density at radius 3 is 2.78 bits per heavy atom. The molecule has 0 aliphatic rings. The van der Waals surface area contributed by atoms with Crippen molar-refractivity contribution in [1.82, 2.24) is 0 Å². The number of thiophene rings is 1. The van der Waals surface area contributed by atoms with Crippen molar-refractivity contribution < 1.29 is 4.92 Å². The highest BCUT2D eigenvalue weighted by molar-refractivity contribution is 9.11. The summed E-state index contributed by atoms with van der Waals surface area (Å²) in [4.78, 5) is 10.1. The predicted octanol–water partition coefficient (Wildman–Crippen LogP) is 4.68. The van der Waals surface area contributed by atoms with Gasteiger partial charge in [0, 0.05) is 18.7 Å². The number of benzene rings is 1. The number of nitrogens with zero attached hydrogens (tertiary/aromatic N) is 1. The summed E-state index contributed by atoms with van der Waals surface area (Å²) < 4.78 is 1.06. The van der Waals surface area contributed by atoms with Gasteiger partial charge < -0.3 is 5.32 Å². The van der Waals surface area contributed by atoms with Crippen LogP contribution < -0.4 is 5.32 Å². The van der Waals surface area contributed by atoms with E-state index in [4.69, 9.17) is 11.6 Å². The van der Waals surface area contributed by atoms with Crippen molar-refractivity contribution >= 4 is 50.2 Å². The number of nitrogens with one attached hydrogen (secondary N) is 1. The molecule has 0 aliphatic carbocycles. The van der Waals surface area contributed by atoms with Crippen molar-refractivity contribution in [3.05, 3.63) is 54.1 Å². The van der Waals surface area contributed by atoms with Crippen LogP contribution in [0.25, 0.3) is 0 Å². The van der Waals surface area contributed by atoms with Crippen LogP contribution in [0.2, 0.25) is 5.02 Å². The number of halogens is 2. The first-order valence-corrected chi connectivity index (χ1v) is 7.02. The summed E-state index contributed by atoms with van der Waals surface area (Å²) in [6, 6.07) is 6.39. The fraction of sp³-hybridized carbons (Fsp3) is 0.0909. The largest absolute Gasteiger partial charge is 0.380 e. The summed E-state index contributed by atoms with van der Waals surface area (Å²) in [5.74, 6) is 0. The molecule has 4 nitrogen and oxygen atoms in total. The zero-order valence-corrected chi connectivity index (χ0v) is 12.2. The predicted molar refractivity (Wildman–Crippen MR) is 77.5 cm³/mol. The molecule has 1 heterocycles. The molecule has 94 valence electrons. The maximum Gasteiger partial charge on any atom is 0.271 e. The fourth-order valence-corrected chi connectivity index (χ4v) is 2.85. The molecule has 2 aromatic rings. The van der Waals surface area contributed by atoms with Crippen molar-refractivity contribution in [2.45, 2.75) is 6.54 Å². The lowest BCUT2D eigenvalue weighted by molar-refractivity contribution is -0.384. The first-order valence-electron chi connectivity index (χ1n) is 4.97. The Morgan fingerprint density at radius 1 is 1.44 bits per heavy atom. The van der Waals surface area contributed by atoms with E-state index < -0.39 is 4.92 Å². The van der Waals surface area contributed by atoms with Crippen molar-refractivity contribution in [2.75, 3.05) is 5.32 Å². The average molecular weight is 348 g/mol. The second kappa shape index (κ2) is 5.69. The minimum atomic E-state index is -0.467. The summed E-state index contributed by atoms with van der Waals surface area (Å²) in [5, 5.41) is 16.1. The van der Waals surface area contributed by atoms with Gasteiger partial charge in [-0.2, -0.15) is 0 Å². The third-order valence-electron chi connectivity index (χ3n) is 2.27. The van der Waals surface area contributed by atoms with Crippen molar-refractivity contribution in [3.63, 3.8) is 0 Å². The standard InChI is InChI=1S/C11H8BrClN2O2S/c12-11-3-7(6-18-11)5-14-10-2-1-8(15(16)17)4-9(10)13/h1-4,6,14H,5H2. The van der Waals surface area contributed by atoms with Crippen LogP contribution in [-0.4, -0.2) is 4.92 Å². The highest BCUT2D eigenvalue weighted by Gasteiger charge is 2.09. The summed E-state index contributed by atoms with van der Waals surface area (Å²) >= 11 is 11.0. The number of non-ortho nitro benzene ring substituents is 1. The second-order valence-electron chi connectivity index (χ2n) is 3.53. The average Bonchev–Trinajstić information content (AvgIpc) is 2.73. The molecular weight excluding hydrogens is 340 g/mol. The van der Waals surface area contributed by atoms with Gasteiger partial charge in [0.2, 0.25) is 0 Å². The van der Waals surface area contributed by atoms with Gasteiger partial charge in [-0.1, -0.05) is 11.6 Å². The van der Waals surface area contributed by atoms with Gasteiger partial charge in [0.1, 0.15) is 0 Å². The Balaban J connectivity index is 2.08. The van der Waals surface area contributed by atoms with E-state index >= 15 is 0 Å². The van der Waals surface area contributed by atoms with Gasteiger partial charge in [0.25, 0.3) is 5.69 Å². The number of hydrogen-bond donors (Lipinski definition) is 1. The van der Waals surface area contributed by atoms with Gasteiger partial charge in [-0.15, -0.1) is 11.3 Å². The molecule has 1 N–H and O–H groups in total. The molecule has 0 aliphatic heterocycles. The first kappa shape index (κ1) is 13.3. The molecule has 0 amide bonds. The minimum absolute atomic E-state index is 0.0103. The molecule has 18 heavy (non-hydrogen) atoms. The highest BCUT2D eigenvalue weighted by atomic mass is 79.9. The van der Waals surface area contributed by atoms with Gasteiger partial charge in [0.15, 0.2) is 0 Å². The molecular formula is C11H8BrClN2O2S. The van der Waals surface area contributed by atoms with Crippen LogP contribution in [0.3, 0.4) is 0 Å². The van der Waals surface area contributed by atoms with E-state index in [1.54, 1.807) is 17.4 Å². The topological polar surface area (TPSA) is 55.2 Å². The number of hydrogen-bond acceptors (Lipinski definition) is 4. The Kier molecular flexibility index (Phi) is 4.21. The molecule has 7 heteroatoms. The molecule has 1 aromatic heterocycles. The first-order chi connectivity index (χ1) is 8.56. The molecule has 0 atom stereocenters. The second-order valence-corrected chi connectivity index (χ2v) is 6.23. The van der Waals surface area contributed by atoms with Crippen LogP contribution >= 0.6 is 38.9 Å². The van der Waals surface area contributed by atoms with Crippen LogP contribution in [0.1, 0.15) is 5.56 Å². The van der Waals surface area contributed by atoms with E-state index in [-0.39, 0.29) is 5.69 Å². The molecule has 0 spiro atoms. The minimum Gasteiger partial charge on any atom is -0.380 e. The summed E-state index contributed by atoms with van der Waals surface area (Å²) in [7, 11) is 0. The van der Waals surface area contributed by atoms with Gasteiger partial charge in [-0.25, -0.2) is 0 Å². The zero-order chi connectivity index (χ0) is 13.1. The smallest absolute Gasteiger partial charge is 0.271 e. The molecule has 0 bridgehead atoms. The van der Waals surface area contributed by atoms with E-state index in [9.17, 15) is 10.1 Å². The molecule has 0 saturated carbocycles. The molecule has 0 saturated heterocycles. The quantitative estimate of drug-likeness (QED) is 0.645. The van der Waals surface area contributed by atoms with Crippen molar-refractivity contribution in [3.8, 4) is 0 Å². The number of anilines is 1. The summed E-state index contributed by atoms with van der Waals surface area (Å²) in [6.45, 7) is 0.625. The van der Waals surface area contributed by atoms with Crippen LogP contribution in [0, 0.1) is 10.1 Å². The number of rotatable bonds is 4. The number of nitro groups is 1. The molecule has 0 fully saturated rings. The Bertz CT molecular complexity index is 588. The lowest BCUT2D eigenvalue weighted by Crippen LogP contribution is -1.99. The lowest BCUT2D eigenvalue weighted by atomic mass is 10.2. The maximum atomic E-state index is 10.6. The summed E-state index contributed by atoms with van der Waals surface area (Å²) in [5.41, 5.74) is 1.80. The van der Waals surface area contributed by atoms with E-state index in [1.807, 2.05) is 11.4 Å². The Morgan fingerprint density at radius 2 is 2.22 bits per heavy atom. The summed E-state index contributed by atoms with van der Waals surface area (Å²) in [6.07, 6.45) is 0. The van der Waals surface area contributed by atoms with Crippen LogP contribution in [-0.2, 0) is 6.54 Å². The van der Waals surface area contributed by atoms with E-state index in [0.717, 1.165) is 9.35 Å². The Labute approximate surface area is 121 Å². The normalized spacial score (nSPS) is 10.3. The zero-order valence-electron chi connectivity index (χ0n) is 9.02. The molecule has 0 radical (unpaired) electrons. The van der Waals surface area contributed by atoms with Crippen molar-refractivity contribution in [1.29, 1.82) is 0 Å². The van der Waals surface area contributed by atoms with Crippen LogP contribution in [0.4, 0.5) is 11.4 Å². The Hall–Kier alpha value is -1.11. The van der Waals surface area contributed by atoms with Gasteiger partial charge >= 0.3 is 0 Å². The fourth-order valence-electron chi connectivity index (χ4n) is 1.40. The van der Waals surface area contributed by atoms with E-state index in [1.165, 1.54) is 12.1 Å². The third-order valence-corrected chi connectivity index (χ3v) is 4.13. The lowest BCUT2D eigenvalue weighted by Gasteiger charge is -2.06. The molecule has 1 aromatic carbocycles. The van der Waals surface area contributed by atoms with Gasteiger partial charge in [-0.05, 0) is 39.0 Å². The van der Waals surface area contributed by atoms with Crippen molar-refractivity contribution in [2.24, 2.45) is 0 Å². The van der Waals surface area contributed by atoms with Crippen LogP contribution in [0.15, 0.2) is 33.4 Å². The highest BCUT2D eigenvalue weighted by Crippen LogP contribution is 2.28. The number of nitro benzene ring substituents is 1. The van der Waals surface area contributed by atoms with Gasteiger partial charge in [-0.3, -0.25) is 10.1 Å². The maximum absolute atomic E-state index is 10.6. The molecule has 2 rings (SSSR count). The molecule has 0 unspecified atom stereocenters.